The summed E-state index contributed by atoms with van der Waals surface area (Å²) in [5.41, 5.74) is 0.461. The van der Waals surface area contributed by atoms with Gasteiger partial charge in [-0.15, -0.1) is 0 Å². The third kappa shape index (κ3) is 3.94. The Hall–Kier alpha value is -2.11. The minimum Gasteiger partial charge on any atom is -0.481 e. The van der Waals surface area contributed by atoms with E-state index >= 15 is 0 Å². The van der Waals surface area contributed by atoms with Crippen LogP contribution in [-0.4, -0.2) is 42.1 Å². The number of carboxylic acid groups (broad SMARTS) is 1. The number of carboxylic acids is 1. The van der Waals surface area contributed by atoms with Gasteiger partial charge in [0, 0.05) is 31.9 Å². The Morgan fingerprint density at radius 3 is 2.53 bits per heavy atom. The predicted molar refractivity (Wildman–Crippen MR) is 72.3 cm³/mol. The molecule has 0 aliphatic rings. The largest absolute Gasteiger partial charge is 0.481 e. The fourth-order valence-electron chi connectivity index (χ4n) is 1.43. The Kier molecular flexibility index (Phi) is 4.86. The first-order valence-corrected chi connectivity index (χ1v) is 6.00. The normalized spacial score (nSPS) is 13.5. The fraction of sp³-hybridized carbons (Fsp3) is 0.462. The highest BCUT2D eigenvalue weighted by Crippen LogP contribution is 2.10. The van der Waals surface area contributed by atoms with Gasteiger partial charge in [-0.1, -0.05) is 0 Å². The Morgan fingerprint density at radius 1 is 1.37 bits per heavy atom. The summed E-state index contributed by atoms with van der Waals surface area (Å²) < 4.78 is 0. The summed E-state index contributed by atoms with van der Waals surface area (Å²) in [6, 6.07) is 2.81. The van der Waals surface area contributed by atoms with Crippen LogP contribution in [-0.2, 0) is 4.79 Å². The van der Waals surface area contributed by atoms with Gasteiger partial charge in [0.2, 0.25) is 0 Å². The molecule has 19 heavy (non-hydrogen) atoms. The Morgan fingerprint density at radius 2 is 2.00 bits per heavy atom. The number of nitrogens with one attached hydrogen (secondary N) is 1. The van der Waals surface area contributed by atoms with Gasteiger partial charge in [-0.2, -0.15) is 0 Å². The molecule has 1 amide bonds. The Bertz CT molecular complexity index is 474. The van der Waals surface area contributed by atoms with Crippen LogP contribution in [0, 0.1) is 5.92 Å². The van der Waals surface area contributed by atoms with E-state index in [0.29, 0.717) is 11.4 Å². The molecular weight excluding hydrogens is 246 g/mol. The molecule has 0 spiro atoms. The molecule has 2 N–H and O–H groups in total. The Balaban J connectivity index is 2.78. The first-order valence-electron chi connectivity index (χ1n) is 6.00. The van der Waals surface area contributed by atoms with Crippen molar-refractivity contribution in [2.75, 3.05) is 19.0 Å². The van der Waals surface area contributed by atoms with Crippen molar-refractivity contribution in [3.63, 3.8) is 0 Å². The average Bonchev–Trinajstić information content (AvgIpc) is 2.37. The van der Waals surface area contributed by atoms with Crippen molar-refractivity contribution in [2.24, 2.45) is 5.92 Å². The van der Waals surface area contributed by atoms with Gasteiger partial charge in [0.15, 0.2) is 0 Å². The highest BCUT2D eigenvalue weighted by atomic mass is 16.4. The van der Waals surface area contributed by atoms with Gasteiger partial charge < -0.3 is 15.3 Å². The average molecular weight is 265 g/mol. The lowest BCUT2D eigenvalue weighted by atomic mass is 10.0. The van der Waals surface area contributed by atoms with E-state index in [4.69, 9.17) is 5.11 Å². The third-order valence-electron chi connectivity index (χ3n) is 2.96. The van der Waals surface area contributed by atoms with Crippen LogP contribution in [0.3, 0.4) is 0 Å². The summed E-state index contributed by atoms with van der Waals surface area (Å²) in [6.07, 6.45) is 1.55. The molecule has 0 fully saturated rings. The van der Waals surface area contributed by atoms with E-state index in [0.717, 1.165) is 0 Å². The van der Waals surface area contributed by atoms with E-state index < -0.39 is 17.9 Å². The maximum atomic E-state index is 12.0. The summed E-state index contributed by atoms with van der Waals surface area (Å²) in [6.45, 7) is 3.23. The standard InChI is InChI=1S/C13H19N3O3/c1-8(13(18)19)9(2)15-12(17)10-5-6-14-11(7-10)16(3)4/h5-9H,1-4H3,(H,15,17)(H,18,19). The quantitative estimate of drug-likeness (QED) is 0.829. The summed E-state index contributed by atoms with van der Waals surface area (Å²) >= 11 is 0. The molecule has 1 aromatic rings. The van der Waals surface area contributed by atoms with Gasteiger partial charge in [-0.25, -0.2) is 4.98 Å². The number of rotatable bonds is 5. The number of carbonyl (C=O) groups is 2. The first kappa shape index (κ1) is 14.9. The number of amides is 1. The molecule has 1 rings (SSSR count). The monoisotopic (exact) mass is 265 g/mol. The van der Waals surface area contributed by atoms with Crippen molar-refractivity contribution >= 4 is 17.7 Å². The minimum atomic E-state index is -0.934. The molecule has 1 aromatic heterocycles. The summed E-state index contributed by atoms with van der Waals surface area (Å²) in [7, 11) is 3.66. The van der Waals surface area contributed by atoms with Crippen LogP contribution in [0.2, 0.25) is 0 Å². The van der Waals surface area contributed by atoms with Gasteiger partial charge >= 0.3 is 5.97 Å². The molecule has 0 aliphatic carbocycles. The lowest BCUT2D eigenvalue weighted by Crippen LogP contribution is -2.40. The molecule has 0 aliphatic heterocycles. The second-order valence-corrected chi connectivity index (χ2v) is 4.69. The van der Waals surface area contributed by atoms with Gasteiger partial charge in [0.1, 0.15) is 5.82 Å². The molecular formula is C13H19N3O3. The van der Waals surface area contributed by atoms with Crippen LogP contribution in [0.5, 0.6) is 0 Å². The van der Waals surface area contributed by atoms with E-state index in [2.05, 4.69) is 10.3 Å². The van der Waals surface area contributed by atoms with Crippen LogP contribution < -0.4 is 10.2 Å². The topological polar surface area (TPSA) is 82.5 Å². The van der Waals surface area contributed by atoms with Crippen LogP contribution in [0.4, 0.5) is 5.82 Å². The van der Waals surface area contributed by atoms with E-state index in [-0.39, 0.29) is 5.91 Å². The van der Waals surface area contributed by atoms with Crippen molar-refractivity contribution in [3.8, 4) is 0 Å². The van der Waals surface area contributed by atoms with E-state index in [1.807, 2.05) is 14.1 Å². The molecule has 0 saturated heterocycles. The van der Waals surface area contributed by atoms with Crippen LogP contribution >= 0.6 is 0 Å². The molecule has 2 unspecified atom stereocenters. The van der Waals surface area contributed by atoms with Crippen molar-refractivity contribution < 1.29 is 14.7 Å². The number of hydrogen-bond acceptors (Lipinski definition) is 4. The number of nitrogens with zero attached hydrogens (tertiary/aromatic N) is 2. The van der Waals surface area contributed by atoms with Gasteiger partial charge in [-0.3, -0.25) is 9.59 Å². The lowest BCUT2D eigenvalue weighted by Gasteiger charge is -2.18. The third-order valence-corrected chi connectivity index (χ3v) is 2.96. The molecule has 6 nitrogen and oxygen atoms in total. The highest BCUT2D eigenvalue weighted by molar-refractivity contribution is 5.95. The van der Waals surface area contributed by atoms with Crippen molar-refractivity contribution in [1.29, 1.82) is 0 Å². The SMILES string of the molecule is CC(NC(=O)c1ccnc(N(C)C)c1)C(C)C(=O)O. The number of aliphatic carboxylic acids is 1. The second-order valence-electron chi connectivity index (χ2n) is 4.69. The Labute approximate surface area is 112 Å². The van der Waals surface area contributed by atoms with E-state index in [9.17, 15) is 9.59 Å². The molecule has 1 heterocycles. The predicted octanol–water partition coefficient (Wildman–Crippen LogP) is 0.987. The smallest absolute Gasteiger partial charge is 0.308 e. The highest BCUT2D eigenvalue weighted by Gasteiger charge is 2.21. The zero-order valence-corrected chi connectivity index (χ0v) is 11.5. The molecule has 6 heteroatoms. The van der Waals surface area contributed by atoms with Gasteiger partial charge in [0.05, 0.1) is 5.92 Å². The zero-order chi connectivity index (χ0) is 14.6. The van der Waals surface area contributed by atoms with Gasteiger partial charge in [0.25, 0.3) is 5.91 Å². The molecule has 104 valence electrons. The number of anilines is 1. The second kappa shape index (κ2) is 6.17. The summed E-state index contributed by atoms with van der Waals surface area (Å²) in [5, 5.41) is 11.6. The number of hydrogen-bond donors (Lipinski definition) is 2. The van der Waals surface area contributed by atoms with E-state index in [1.54, 1.807) is 37.1 Å². The van der Waals surface area contributed by atoms with E-state index in [1.165, 1.54) is 0 Å². The van der Waals surface area contributed by atoms with Crippen LogP contribution in [0.1, 0.15) is 24.2 Å². The number of carbonyl (C=O) groups excluding carboxylic acids is 1. The van der Waals surface area contributed by atoms with Gasteiger partial charge in [-0.05, 0) is 26.0 Å². The lowest BCUT2D eigenvalue weighted by molar-refractivity contribution is -0.141. The molecule has 0 bridgehead atoms. The van der Waals surface area contributed by atoms with Crippen molar-refractivity contribution in [2.45, 2.75) is 19.9 Å². The maximum absolute atomic E-state index is 12.0. The van der Waals surface area contributed by atoms with Crippen molar-refractivity contribution in [3.05, 3.63) is 23.9 Å². The minimum absolute atomic E-state index is 0.300. The molecule has 0 radical (unpaired) electrons. The molecule has 0 saturated carbocycles. The molecule has 0 aromatic carbocycles. The summed E-state index contributed by atoms with van der Waals surface area (Å²) in [5.74, 6) is -1.20. The van der Waals surface area contributed by atoms with Crippen molar-refractivity contribution in [1.82, 2.24) is 10.3 Å². The number of pyridine rings is 1. The summed E-state index contributed by atoms with van der Waals surface area (Å²) in [4.78, 5) is 28.7. The van der Waals surface area contributed by atoms with Crippen LogP contribution in [0.25, 0.3) is 0 Å². The molecule has 2 atom stereocenters. The number of aromatic nitrogens is 1. The maximum Gasteiger partial charge on any atom is 0.308 e. The fourth-order valence-corrected chi connectivity index (χ4v) is 1.43. The zero-order valence-electron chi connectivity index (χ0n) is 11.5. The first-order chi connectivity index (χ1) is 8.82. The van der Waals surface area contributed by atoms with Crippen LogP contribution in [0.15, 0.2) is 18.3 Å².